The van der Waals surface area contributed by atoms with Crippen LogP contribution >= 0.6 is 12.2 Å². The number of H-pyrrole nitrogens is 1. The number of hydrogen-bond acceptors (Lipinski definition) is 4. The molecule has 0 saturated carbocycles. The van der Waals surface area contributed by atoms with E-state index < -0.39 is 0 Å². The van der Waals surface area contributed by atoms with Gasteiger partial charge in [0.05, 0.1) is 11.7 Å². The highest BCUT2D eigenvalue weighted by molar-refractivity contribution is 7.80. The SMILES string of the molecule is CCN1C(=O)/C(=C/c2c[nH]c3cnccc23)OC1=S. The van der Waals surface area contributed by atoms with Crippen LogP contribution in [0.15, 0.2) is 30.4 Å². The smallest absolute Gasteiger partial charge is 0.297 e. The van der Waals surface area contributed by atoms with E-state index in [0.29, 0.717) is 6.54 Å². The quantitative estimate of drug-likeness (QED) is 0.672. The lowest BCUT2D eigenvalue weighted by Gasteiger charge is -2.06. The second-order valence-corrected chi connectivity index (χ2v) is 4.44. The third kappa shape index (κ3) is 1.90. The summed E-state index contributed by atoms with van der Waals surface area (Å²) in [6, 6.07) is 1.88. The normalized spacial score (nSPS) is 17.5. The highest BCUT2D eigenvalue weighted by atomic mass is 32.1. The Hall–Kier alpha value is -2.21. The van der Waals surface area contributed by atoms with E-state index in [1.54, 1.807) is 18.5 Å². The Labute approximate surface area is 114 Å². The molecule has 0 unspecified atom stereocenters. The Morgan fingerprint density at radius 3 is 3.16 bits per heavy atom. The predicted octanol–water partition coefficient (Wildman–Crippen LogP) is 2.07. The molecule has 6 heteroatoms. The molecule has 2 aromatic rings. The van der Waals surface area contributed by atoms with Crippen molar-refractivity contribution in [2.45, 2.75) is 6.92 Å². The summed E-state index contributed by atoms with van der Waals surface area (Å²) in [5.74, 6) is 0.0560. The Balaban J connectivity index is 2.03. The average molecular weight is 273 g/mol. The lowest BCUT2D eigenvalue weighted by Crippen LogP contribution is -2.27. The number of thiocarbonyl (C=S) groups is 1. The Bertz CT molecular complexity index is 705. The van der Waals surface area contributed by atoms with Gasteiger partial charge in [-0.1, -0.05) is 0 Å². The maximum atomic E-state index is 12.0. The minimum Gasteiger partial charge on any atom is -0.426 e. The first-order valence-corrected chi connectivity index (χ1v) is 6.28. The number of ether oxygens (including phenoxy) is 1. The van der Waals surface area contributed by atoms with Crippen molar-refractivity contribution < 1.29 is 9.53 Å². The molecule has 96 valence electrons. The molecule has 0 spiro atoms. The molecule has 0 aliphatic carbocycles. The second kappa shape index (κ2) is 4.47. The fraction of sp³-hybridized carbons (Fsp3) is 0.154. The van der Waals surface area contributed by atoms with Crippen molar-refractivity contribution in [1.29, 1.82) is 0 Å². The number of rotatable bonds is 2. The Morgan fingerprint density at radius 2 is 2.42 bits per heavy atom. The van der Waals surface area contributed by atoms with Gasteiger partial charge in [-0.15, -0.1) is 0 Å². The number of carbonyl (C=O) groups excluding carboxylic acids is 1. The lowest BCUT2D eigenvalue weighted by atomic mass is 10.2. The number of pyridine rings is 1. The highest BCUT2D eigenvalue weighted by Gasteiger charge is 2.32. The molecule has 3 heterocycles. The summed E-state index contributed by atoms with van der Waals surface area (Å²) < 4.78 is 5.34. The number of carbonyl (C=O) groups is 1. The topological polar surface area (TPSA) is 58.2 Å². The van der Waals surface area contributed by atoms with Crippen LogP contribution in [0.25, 0.3) is 17.0 Å². The average Bonchev–Trinajstić information content (AvgIpc) is 2.93. The van der Waals surface area contributed by atoms with Crippen LogP contribution < -0.4 is 0 Å². The summed E-state index contributed by atoms with van der Waals surface area (Å²) >= 11 is 5.01. The van der Waals surface area contributed by atoms with Crippen LogP contribution in [0.1, 0.15) is 12.5 Å². The molecule has 1 aliphatic heterocycles. The standard InChI is InChI=1S/C13H11N3O2S/c1-2-16-12(17)11(18-13(16)19)5-8-6-15-10-7-14-4-3-9(8)10/h3-7,15H,2H2,1H3/b11-5-. The molecule has 19 heavy (non-hydrogen) atoms. The number of fused-ring (bicyclic) bond motifs is 1. The van der Waals surface area contributed by atoms with Crippen LogP contribution in [-0.4, -0.2) is 32.5 Å². The minimum atomic E-state index is -0.198. The van der Waals surface area contributed by atoms with Crippen molar-refractivity contribution in [3.05, 3.63) is 36.0 Å². The van der Waals surface area contributed by atoms with Gasteiger partial charge in [-0.2, -0.15) is 0 Å². The van der Waals surface area contributed by atoms with Crippen LogP contribution in [0.2, 0.25) is 0 Å². The monoisotopic (exact) mass is 273 g/mol. The van der Waals surface area contributed by atoms with E-state index in [2.05, 4.69) is 9.97 Å². The largest absolute Gasteiger partial charge is 0.426 e. The van der Waals surface area contributed by atoms with Gasteiger partial charge in [0.25, 0.3) is 11.1 Å². The minimum absolute atomic E-state index is 0.198. The van der Waals surface area contributed by atoms with E-state index in [0.717, 1.165) is 16.5 Å². The summed E-state index contributed by atoms with van der Waals surface area (Å²) in [5.41, 5.74) is 1.79. The van der Waals surface area contributed by atoms with Gasteiger partial charge in [-0.3, -0.25) is 14.7 Å². The molecule has 5 nitrogen and oxygen atoms in total. The van der Waals surface area contributed by atoms with Crippen LogP contribution in [0.4, 0.5) is 0 Å². The number of amides is 1. The summed E-state index contributed by atoms with van der Waals surface area (Å²) in [5, 5.41) is 1.19. The molecule has 0 atom stereocenters. The maximum absolute atomic E-state index is 12.0. The van der Waals surface area contributed by atoms with E-state index in [1.807, 2.05) is 19.2 Å². The number of aromatic amines is 1. The van der Waals surface area contributed by atoms with Crippen LogP contribution in [0, 0.1) is 0 Å². The number of likely N-dealkylation sites (N-methyl/N-ethyl adjacent to an activating group) is 1. The summed E-state index contributed by atoms with van der Waals surface area (Å²) in [6.07, 6.45) is 6.95. The molecule has 1 amide bonds. The van der Waals surface area contributed by atoms with E-state index in [4.69, 9.17) is 17.0 Å². The van der Waals surface area contributed by atoms with Gasteiger partial charge in [0.15, 0.2) is 5.76 Å². The van der Waals surface area contributed by atoms with Gasteiger partial charge in [0.1, 0.15) is 0 Å². The summed E-state index contributed by atoms with van der Waals surface area (Å²) in [7, 11) is 0. The van der Waals surface area contributed by atoms with Crippen LogP contribution in [0.5, 0.6) is 0 Å². The summed E-state index contributed by atoms with van der Waals surface area (Å²) in [4.78, 5) is 20.6. The zero-order valence-electron chi connectivity index (χ0n) is 10.2. The third-order valence-corrected chi connectivity index (χ3v) is 3.30. The molecule has 0 bridgehead atoms. The zero-order chi connectivity index (χ0) is 13.4. The summed E-state index contributed by atoms with van der Waals surface area (Å²) in [6.45, 7) is 2.36. The van der Waals surface area contributed by atoms with E-state index in [1.165, 1.54) is 4.90 Å². The highest BCUT2D eigenvalue weighted by Crippen LogP contribution is 2.23. The Morgan fingerprint density at radius 1 is 1.58 bits per heavy atom. The zero-order valence-corrected chi connectivity index (χ0v) is 11.0. The molecule has 0 aromatic carbocycles. The second-order valence-electron chi connectivity index (χ2n) is 4.09. The van der Waals surface area contributed by atoms with Crippen LogP contribution in [-0.2, 0) is 9.53 Å². The van der Waals surface area contributed by atoms with E-state index >= 15 is 0 Å². The Kier molecular flexibility index (Phi) is 2.79. The number of hydrogen-bond donors (Lipinski definition) is 1. The van der Waals surface area contributed by atoms with Gasteiger partial charge in [0, 0.05) is 29.9 Å². The van der Waals surface area contributed by atoms with Gasteiger partial charge in [0.2, 0.25) is 0 Å². The van der Waals surface area contributed by atoms with Crippen molar-refractivity contribution in [3.63, 3.8) is 0 Å². The van der Waals surface area contributed by atoms with Crippen LogP contribution in [0.3, 0.4) is 0 Å². The molecule has 2 aromatic heterocycles. The predicted molar refractivity (Wildman–Crippen MR) is 75.1 cm³/mol. The lowest BCUT2D eigenvalue weighted by molar-refractivity contribution is -0.122. The maximum Gasteiger partial charge on any atom is 0.297 e. The third-order valence-electron chi connectivity index (χ3n) is 2.99. The van der Waals surface area contributed by atoms with Crippen molar-refractivity contribution in [1.82, 2.24) is 14.9 Å². The first-order valence-electron chi connectivity index (χ1n) is 5.87. The first kappa shape index (κ1) is 11.9. The van der Waals surface area contributed by atoms with Crippen molar-refractivity contribution >= 4 is 40.3 Å². The van der Waals surface area contributed by atoms with Crippen molar-refractivity contribution in [2.24, 2.45) is 0 Å². The van der Waals surface area contributed by atoms with E-state index in [-0.39, 0.29) is 16.8 Å². The van der Waals surface area contributed by atoms with Gasteiger partial charge >= 0.3 is 0 Å². The van der Waals surface area contributed by atoms with Gasteiger partial charge in [-0.05, 0) is 31.3 Å². The first-order chi connectivity index (χ1) is 9.20. The van der Waals surface area contributed by atoms with Gasteiger partial charge in [-0.25, -0.2) is 0 Å². The molecular formula is C13H11N3O2S. The molecule has 1 aliphatic rings. The fourth-order valence-corrected chi connectivity index (χ4v) is 2.33. The molecule has 1 fully saturated rings. The van der Waals surface area contributed by atoms with Crippen molar-refractivity contribution in [3.8, 4) is 0 Å². The molecule has 1 saturated heterocycles. The van der Waals surface area contributed by atoms with E-state index in [9.17, 15) is 4.79 Å². The number of aromatic nitrogens is 2. The van der Waals surface area contributed by atoms with Gasteiger partial charge < -0.3 is 9.72 Å². The molecule has 1 N–H and O–H groups in total. The number of nitrogens with zero attached hydrogens (tertiary/aromatic N) is 2. The van der Waals surface area contributed by atoms with Crippen molar-refractivity contribution in [2.75, 3.05) is 6.54 Å². The molecule has 0 radical (unpaired) electrons. The molecular weight excluding hydrogens is 262 g/mol. The molecule has 3 rings (SSSR count). The fourth-order valence-electron chi connectivity index (χ4n) is 2.03. The number of nitrogens with one attached hydrogen (secondary N) is 1.